The summed E-state index contributed by atoms with van der Waals surface area (Å²) in [5.74, 6) is -0.298. The van der Waals surface area contributed by atoms with E-state index in [1.165, 1.54) is 0 Å². The third-order valence-corrected chi connectivity index (χ3v) is 2.33. The van der Waals surface area contributed by atoms with Gasteiger partial charge in [-0.3, -0.25) is 9.59 Å². The van der Waals surface area contributed by atoms with Gasteiger partial charge in [-0.25, -0.2) is 0 Å². The average molecular weight is 243 g/mol. The molecule has 1 heterocycles. The molecule has 98 valence electrons. The fourth-order valence-electron chi connectivity index (χ4n) is 1.60. The Morgan fingerprint density at radius 3 is 2.76 bits per heavy atom. The van der Waals surface area contributed by atoms with Crippen molar-refractivity contribution in [2.45, 2.75) is 32.4 Å². The highest BCUT2D eigenvalue weighted by Crippen LogP contribution is 1.97. The fraction of sp³-hybridized carbons (Fsp3) is 0.818. The summed E-state index contributed by atoms with van der Waals surface area (Å²) in [5, 5.41) is 8.48. The van der Waals surface area contributed by atoms with E-state index in [-0.39, 0.29) is 30.4 Å². The summed E-state index contributed by atoms with van der Waals surface area (Å²) in [6.07, 6.45) is 0.342. The van der Waals surface area contributed by atoms with Gasteiger partial charge in [0.1, 0.15) is 0 Å². The number of carbonyl (C=O) groups is 2. The second kappa shape index (κ2) is 7.24. The largest absolute Gasteiger partial charge is 0.378 e. The molecule has 17 heavy (non-hydrogen) atoms. The minimum Gasteiger partial charge on any atom is -0.378 e. The van der Waals surface area contributed by atoms with E-state index in [0.29, 0.717) is 19.6 Å². The van der Waals surface area contributed by atoms with Gasteiger partial charge in [0, 0.05) is 25.0 Å². The number of hydrogen-bond acceptors (Lipinski definition) is 4. The van der Waals surface area contributed by atoms with E-state index in [2.05, 4.69) is 16.0 Å². The normalized spacial score (nSPS) is 20.1. The highest BCUT2D eigenvalue weighted by molar-refractivity contribution is 5.84. The van der Waals surface area contributed by atoms with Crippen molar-refractivity contribution in [3.63, 3.8) is 0 Å². The maximum atomic E-state index is 11.5. The zero-order valence-electron chi connectivity index (χ0n) is 10.4. The quantitative estimate of drug-likeness (QED) is 0.579. The Morgan fingerprint density at radius 2 is 2.18 bits per heavy atom. The SMILES string of the molecule is CC(C)NC(=O)CNC(=O)CC1COCCN1. The number of ether oxygens (including phenoxy) is 1. The van der Waals surface area contributed by atoms with E-state index in [0.717, 1.165) is 6.54 Å². The van der Waals surface area contributed by atoms with Crippen LogP contribution in [-0.4, -0.2) is 50.2 Å². The van der Waals surface area contributed by atoms with E-state index in [9.17, 15) is 9.59 Å². The molecule has 1 aliphatic heterocycles. The third-order valence-electron chi connectivity index (χ3n) is 2.33. The summed E-state index contributed by atoms with van der Waals surface area (Å²) in [6, 6.07) is 0.143. The molecule has 0 bridgehead atoms. The molecular weight excluding hydrogens is 222 g/mol. The topological polar surface area (TPSA) is 79.5 Å². The Labute approximate surface area is 101 Å². The zero-order chi connectivity index (χ0) is 12.7. The van der Waals surface area contributed by atoms with Gasteiger partial charge in [-0.1, -0.05) is 0 Å². The second-order valence-corrected chi connectivity index (χ2v) is 4.43. The number of carbonyl (C=O) groups excluding carboxylic acids is 2. The van der Waals surface area contributed by atoms with Gasteiger partial charge in [0.25, 0.3) is 0 Å². The minimum atomic E-state index is -0.166. The van der Waals surface area contributed by atoms with Crippen molar-refractivity contribution in [3.8, 4) is 0 Å². The molecule has 0 radical (unpaired) electrons. The maximum Gasteiger partial charge on any atom is 0.239 e. The van der Waals surface area contributed by atoms with Gasteiger partial charge >= 0.3 is 0 Å². The van der Waals surface area contributed by atoms with Crippen molar-refractivity contribution < 1.29 is 14.3 Å². The highest BCUT2D eigenvalue weighted by atomic mass is 16.5. The van der Waals surface area contributed by atoms with Gasteiger partial charge in [-0.2, -0.15) is 0 Å². The highest BCUT2D eigenvalue weighted by Gasteiger charge is 2.17. The number of morpholine rings is 1. The molecule has 0 saturated carbocycles. The van der Waals surface area contributed by atoms with Crippen LogP contribution < -0.4 is 16.0 Å². The third kappa shape index (κ3) is 6.23. The van der Waals surface area contributed by atoms with Crippen LogP contribution in [0.15, 0.2) is 0 Å². The lowest BCUT2D eigenvalue weighted by Gasteiger charge is -2.23. The zero-order valence-corrected chi connectivity index (χ0v) is 10.4. The van der Waals surface area contributed by atoms with Crippen molar-refractivity contribution in [2.75, 3.05) is 26.3 Å². The molecule has 1 aliphatic rings. The Bertz CT molecular complexity index is 263. The van der Waals surface area contributed by atoms with Gasteiger partial charge in [-0.15, -0.1) is 0 Å². The Morgan fingerprint density at radius 1 is 1.41 bits per heavy atom. The molecule has 1 saturated heterocycles. The molecule has 0 aliphatic carbocycles. The van der Waals surface area contributed by atoms with E-state index < -0.39 is 0 Å². The lowest BCUT2D eigenvalue weighted by Crippen LogP contribution is -2.46. The minimum absolute atomic E-state index is 0.0323. The molecule has 1 fully saturated rings. The molecule has 1 rings (SSSR count). The number of rotatable bonds is 5. The van der Waals surface area contributed by atoms with Gasteiger partial charge in [-0.05, 0) is 13.8 Å². The predicted octanol–water partition coefficient (Wildman–Crippen LogP) is -0.994. The van der Waals surface area contributed by atoms with Crippen LogP contribution in [0.25, 0.3) is 0 Å². The molecule has 3 N–H and O–H groups in total. The summed E-state index contributed by atoms with van der Waals surface area (Å²) in [6.45, 7) is 5.79. The van der Waals surface area contributed by atoms with E-state index in [1.807, 2.05) is 13.8 Å². The Hall–Kier alpha value is -1.14. The summed E-state index contributed by atoms with van der Waals surface area (Å²) in [4.78, 5) is 22.8. The van der Waals surface area contributed by atoms with Crippen molar-refractivity contribution >= 4 is 11.8 Å². The number of nitrogens with one attached hydrogen (secondary N) is 3. The molecule has 6 heteroatoms. The van der Waals surface area contributed by atoms with Crippen molar-refractivity contribution in [2.24, 2.45) is 0 Å². The standard InChI is InChI=1S/C11H21N3O3/c1-8(2)14-11(16)6-13-10(15)5-9-7-17-4-3-12-9/h8-9,12H,3-7H2,1-2H3,(H,13,15)(H,14,16). The molecule has 0 aromatic heterocycles. The average Bonchev–Trinajstić information content (AvgIpc) is 2.27. The second-order valence-electron chi connectivity index (χ2n) is 4.43. The first-order valence-electron chi connectivity index (χ1n) is 5.95. The lowest BCUT2D eigenvalue weighted by molar-refractivity contribution is -0.127. The van der Waals surface area contributed by atoms with E-state index in [4.69, 9.17) is 4.74 Å². The van der Waals surface area contributed by atoms with Crippen LogP contribution in [0.4, 0.5) is 0 Å². The summed E-state index contributed by atoms with van der Waals surface area (Å²) in [5.41, 5.74) is 0. The fourth-order valence-corrected chi connectivity index (χ4v) is 1.60. The monoisotopic (exact) mass is 243 g/mol. The van der Waals surface area contributed by atoms with Crippen LogP contribution in [0.2, 0.25) is 0 Å². The summed E-state index contributed by atoms with van der Waals surface area (Å²) < 4.78 is 5.24. The molecule has 1 unspecified atom stereocenters. The molecular formula is C11H21N3O3. The maximum absolute atomic E-state index is 11.5. The lowest BCUT2D eigenvalue weighted by atomic mass is 10.2. The van der Waals surface area contributed by atoms with E-state index in [1.54, 1.807) is 0 Å². The smallest absolute Gasteiger partial charge is 0.239 e. The Balaban J connectivity index is 2.14. The van der Waals surface area contributed by atoms with Crippen molar-refractivity contribution in [1.82, 2.24) is 16.0 Å². The van der Waals surface area contributed by atoms with Crippen LogP contribution in [0.3, 0.4) is 0 Å². The first kappa shape index (κ1) is 13.9. The first-order chi connectivity index (χ1) is 8.08. The molecule has 0 aromatic carbocycles. The van der Waals surface area contributed by atoms with Crippen LogP contribution in [0, 0.1) is 0 Å². The van der Waals surface area contributed by atoms with Gasteiger partial charge in [0.15, 0.2) is 0 Å². The molecule has 6 nitrogen and oxygen atoms in total. The summed E-state index contributed by atoms with van der Waals surface area (Å²) in [7, 11) is 0. The Kier molecular flexibility index (Phi) is 5.93. The van der Waals surface area contributed by atoms with Crippen LogP contribution in [0.5, 0.6) is 0 Å². The number of hydrogen-bond donors (Lipinski definition) is 3. The van der Waals surface area contributed by atoms with Crippen LogP contribution in [-0.2, 0) is 14.3 Å². The molecule has 2 amide bonds. The van der Waals surface area contributed by atoms with Crippen LogP contribution >= 0.6 is 0 Å². The molecule has 0 aromatic rings. The first-order valence-corrected chi connectivity index (χ1v) is 5.95. The number of amides is 2. The van der Waals surface area contributed by atoms with Gasteiger partial charge < -0.3 is 20.7 Å². The molecule has 1 atom stereocenters. The van der Waals surface area contributed by atoms with E-state index >= 15 is 0 Å². The van der Waals surface area contributed by atoms with Crippen LogP contribution in [0.1, 0.15) is 20.3 Å². The van der Waals surface area contributed by atoms with Gasteiger partial charge in [0.2, 0.25) is 11.8 Å². The summed E-state index contributed by atoms with van der Waals surface area (Å²) >= 11 is 0. The van der Waals surface area contributed by atoms with Crippen molar-refractivity contribution in [3.05, 3.63) is 0 Å². The van der Waals surface area contributed by atoms with Crippen molar-refractivity contribution in [1.29, 1.82) is 0 Å². The molecule has 0 spiro atoms. The van der Waals surface area contributed by atoms with Gasteiger partial charge in [0.05, 0.1) is 19.8 Å². The predicted molar refractivity (Wildman–Crippen MR) is 63.5 cm³/mol.